The largest absolute Gasteiger partial charge is 0.493 e. The molecule has 0 aliphatic carbocycles. The van der Waals surface area contributed by atoms with Crippen molar-refractivity contribution in [2.45, 2.75) is 25.2 Å². The first-order valence-corrected chi connectivity index (χ1v) is 6.78. The van der Waals surface area contributed by atoms with Crippen molar-refractivity contribution in [2.24, 2.45) is 5.14 Å². The van der Waals surface area contributed by atoms with Gasteiger partial charge < -0.3 is 4.74 Å². The maximum Gasteiger partial charge on any atom is 0.238 e. The van der Waals surface area contributed by atoms with Crippen LogP contribution in [0, 0.1) is 13.8 Å². The number of hydrogen-bond donors (Lipinski definition) is 1. The highest BCUT2D eigenvalue weighted by atomic mass is 32.2. The first-order valence-electron chi connectivity index (χ1n) is 5.24. The van der Waals surface area contributed by atoms with Gasteiger partial charge in [0.1, 0.15) is 5.75 Å². The summed E-state index contributed by atoms with van der Waals surface area (Å²) in [5.74, 6) is 0.647. The van der Waals surface area contributed by atoms with E-state index in [0.29, 0.717) is 23.5 Å². The van der Waals surface area contributed by atoms with Crippen LogP contribution in [-0.2, 0) is 10.0 Å². The van der Waals surface area contributed by atoms with E-state index in [2.05, 4.69) is 6.58 Å². The third kappa shape index (κ3) is 3.57. The summed E-state index contributed by atoms with van der Waals surface area (Å²) < 4.78 is 28.2. The van der Waals surface area contributed by atoms with Crippen LogP contribution in [0.15, 0.2) is 29.7 Å². The van der Waals surface area contributed by atoms with Crippen LogP contribution in [0.3, 0.4) is 0 Å². The highest BCUT2D eigenvalue weighted by molar-refractivity contribution is 7.89. The van der Waals surface area contributed by atoms with Crippen LogP contribution in [0.1, 0.15) is 17.5 Å². The lowest BCUT2D eigenvalue weighted by Gasteiger charge is -2.11. The van der Waals surface area contributed by atoms with Gasteiger partial charge in [0.05, 0.1) is 11.5 Å². The minimum absolute atomic E-state index is 0.175. The maximum atomic E-state index is 11.4. The molecule has 17 heavy (non-hydrogen) atoms. The van der Waals surface area contributed by atoms with Crippen LogP contribution in [-0.4, -0.2) is 15.0 Å². The summed E-state index contributed by atoms with van der Waals surface area (Å²) in [6.45, 7) is 7.53. The number of aryl methyl sites for hydroxylation is 2. The topological polar surface area (TPSA) is 69.4 Å². The predicted octanol–water partition coefficient (Wildman–Crippen LogP) is 1.91. The normalized spacial score (nSPS) is 11.2. The van der Waals surface area contributed by atoms with Gasteiger partial charge in [-0.2, -0.15) is 0 Å². The molecular formula is C12H17NO3S. The van der Waals surface area contributed by atoms with E-state index in [0.717, 1.165) is 6.42 Å². The van der Waals surface area contributed by atoms with Gasteiger partial charge in [-0.3, -0.25) is 0 Å². The van der Waals surface area contributed by atoms with Crippen molar-refractivity contribution in [2.75, 3.05) is 6.61 Å². The van der Waals surface area contributed by atoms with Gasteiger partial charge in [-0.05, 0) is 43.5 Å². The number of ether oxygens (including phenoxy) is 1. The zero-order valence-electron chi connectivity index (χ0n) is 10.1. The van der Waals surface area contributed by atoms with E-state index >= 15 is 0 Å². The highest BCUT2D eigenvalue weighted by Crippen LogP contribution is 2.24. The van der Waals surface area contributed by atoms with E-state index in [1.54, 1.807) is 32.1 Å². The van der Waals surface area contributed by atoms with Gasteiger partial charge in [0.25, 0.3) is 0 Å². The number of hydrogen-bond acceptors (Lipinski definition) is 3. The Labute approximate surface area is 102 Å². The second-order valence-corrected chi connectivity index (χ2v) is 5.36. The van der Waals surface area contributed by atoms with E-state index in [1.807, 2.05) is 0 Å². The summed E-state index contributed by atoms with van der Waals surface area (Å²) in [4.78, 5) is 0.175. The van der Waals surface area contributed by atoms with Gasteiger partial charge in [0.15, 0.2) is 0 Å². The summed E-state index contributed by atoms with van der Waals surface area (Å²) >= 11 is 0. The molecule has 0 saturated carbocycles. The molecule has 0 aliphatic rings. The van der Waals surface area contributed by atoms with E-state index in [1.165, 1.54) is 0 Å². The van der Waals surface area contributed by atoms with Gasteiger partial charge in [-0.25, -0.2) is 13.6 Å². The molecular weight excluding hydrogens is 238 g/mol. The van der Waals surface area contributed by atoms with Crippen molar-refractivity contribution in [1.82, 2.24) is 0 Å². The molecule has 4 nitrogen and oxygen atoms in total. The standard InChI is InChI=1S/C12H17NO3S/c1-4-5-6-16-11-7-9(2)12(10(3)8-11)17(13,14)15/h4,7-8H,1,5-6H2,2-3H3,(H2,13,14,15). The first-order chi connectivity index (χ1) is 7.86. The Kier molecular flexibility index (Phi) is 4.31. The van der Waals surface area contributed by atoms with Crippen molar-refractivity contribution < 1.29 is 13.2 Å². The molecule has 0 aliphatic heterocycles. The first kappa shape index (κ1) is 13.7. The molecule has 0 fully saturated rings. The lowest BCUT2D eigenvalue weighted by Crippen LogP contribution is -2.15. The van der Waals surface area contributed by atoms with E-state index in [4.69, 9.17) is 9.88 Å². The highest BCUT2D eigenvalue weighted by Gasteiger charge is 2.15. The van der Waals surface area contributed by atoms with Crippen molar-refractivity contribution >= 4 is 10.0 Å². The number of benzene rings is 1. The molecule has 1 aromatic rings. The van der Waals surface area contributed by atoms with Crippen LogP contribution in [0.4, 0.5) is 0 Å². The maximum absolute atomic E-state index is 11.4. The van der Waals surface area contributed by atoms with E-state index in [9.17, 15) is 8.42 Å². The molecule has 1 rings (SSSR count). The Morgan fingerprint density at radius 3 is 2.29 bits per heavy atom. The zero-order valence-corrected chi connectivity index (χ0v) is 10.9. The molecule has 0 atom stereocenters. The summed E-state index contributed by atoms with van der Waals surface area (Å²) in [7, 11) is -3.68. The molecule has 0 radical (unpaired) electrons. The second-order valence-electron chi connectivity index (χ2n) is 3.86. The van der Waals surface area contributed by atoms with Crippen LogP contribution < -0.4 is 9.88 Å². The molecule has 0 amide bonds. The van der Waals surface area contributed by atoms with Crippen LogP contribution in [0.25, 0.3) is 0 Å². The Hall–Kier alpha value is -1.33. The summed E-state index contributed by atoms with van der Waals surface area (Å²) in [6, 6.07) is 3.35. The Morgan fingerprint density at radius 2 is 1.88 bits per heavy atom. The average molecular weight is 255 g/mol. The van der Waals surface area contributed by atoms with Crippen LogP contribution in [0.2, 0.25) is 0 Å². The quantitative estimate of drug-likeness (QED) is 0.645. The van der Waals surface area contributed by atoms with Gasteiger partial charge in [-0.1, -0.05) is 6.08 Å². The predicted molar refractivity (Wildman–Crippen MR) is 67.6 cm³/mol. The van der Waals surface area contributed by atoms with Crippen LogP contribution in [0.5, 0.6) is 5.75 Å². The molecule has 94 valence electrons. The number of sulfonamides is 1. The summed E-state index contributed by atoms with van der Waals surface area (Å²) in [6.07, 6.45) is 2.51. The van der Waals surface area contributed by atoms with E-state index in [-0.39, 0.29) is 4.90 Å². The Morgan fingerprint density at radius 1 is 1.35 bits per heavy atom. The Bertz CT molecular complexity index is 498. The molecule has 1 aromatic carbocycles. The van der Waals surface area contributed by atoms with Gasteiger partial charge in [-0.15, -0.1) is 6.58 Å². The molecule has 0 unspecified atom stereocenters. The van der Waals surface area contributed by atoms with Gasteiger partial charge in [0.2, 0.25) is 10.0 Å². The number of rotatable bonds is 5. The molecule has 5 heteroatoms. The lowest BCUT2D eigenvalue weighted by molar-refractivity contribution is 0.324. The van der Waals surface area contributed by atoms with Crippen molar-refractivity contribution in [3.63, 3.8) is 0 Å². The fourth-order valence-corrected chi connectivity index (χ4v) is 2.72. The molecule has 0 heterocycles. The molecule has 0 spiro atoms. The van der Waals surface area contributed by atoms with Crippen LogP contribution >= 0.6 is 0 Å². The molecule has 2 N–H and O–H groups in total. The number of nitrogens with two attached hydrogens (primary N) is 1. The zero-order chi connectivity index (χ0) is 13.1. The van der Waals surface area contributed by atoms with E-state index < -0.39 is 10.0 Å². The monoisotopic (exact) mass is 255 g/mol. The summed E-state index contributed by atoms with van der Waals surface area (Å²) in [5, 5.41) is 5.15. The van der Waals surface area contributed by atoms with Crippen molar-refractivity contribution in [3.05, 3.63) is 35.9 Å². The second kappa shape index (κ2) is 5.33. The average Bonchev–Trinajstić information content (AvgIpc) is 2.14. The fraction of sp³-hybridized carbons (Fsp3) is 0.333. The molecule has 0 bridgehead atoms. The van der Waals surface area contributed by atoms with Crippen molar-refractivity contribution in [1.29, 1.82) is 0 Å². The van der Waals surface area contributed by atoms with Crippen molar-refractivity contribution in [3.8, 4) is 5.75 Å². The third-order valence-corrected chi connectivity index (χ3v) is 3.52. The Balaban J connectivity index is 3.06. The SMILES string of the molecule is C=CCCOc1cc(C)c(S(N)(=O)=O)c(C)c1. The summed E-state index contributed by atoms with van der Waals surface area (Å²) in [5.41, 5.74) is 1.20. The molecule has 0 aromatic heterocycles. The lowest BCUT2D eigenvalue weighted by atomic mass is 10.1. The fourth-order valence-electron chi connectivity index (χ4n) is 1.70. The van der Waals surface area contributed by atoms with Gasteiger partial charge >= 0.3 is 0 Å². The van der Waals surface area contributed by atoms with Gasteiger partial charge in [0, 0.05) is 0 Å². The molecule has 0 saturated heterocycles. The minimum atomic E-state index is -3.68. The smallest absolute Gasteiger partial charge is 0.238 e. The number of primary sulfonamides is 1. The third-order valence-electron chi connectivity index (χ3n) is 2.31. The minimum Gasteiger partial charge on any atom is -0.493 e.